The zero-order valence-electron chi connectivity index (χ0n) is 4.59. The second-order valence-electron chi connectivity index (χ2n) is 1.33. The van der Waals surface area contributed by atoms with Gasteiger partial charge in [0.25, 0.3) is 0 Å². The molecule has 0 amide bonds. The van der Waals surface area contributed by atoms with Crippen molar-refractivity contribution in [3.8, 4) is 0 Å². The average molecular weight is 176 g/mol. The number of hydrogen-bond donors (Lipinski definition) is 2. The summed E-state index contributed by atoms with van der Waals surface area (Å²) in [4.78, 5) is 0. The first-order valence-corrected chi connectivity index (χ1v) is 2.45. The van der Waals surface area contributed by atoms with Gasteiger partial charge in [0.2, 0.25) is 0 Å². The summed E-state index contributed by atoms with van der Waals surface area (Å²) in [6.45, 7) is 3.60. The molecule has 3 nitrogen and oxygen atoms in total. The van der Waals surface area contributed by atoms with Crippen LogP contribution in [0.4, 0.5) is 0 Å². The van der Waals surface area contributed by atoms with Gasteiger partial charge in [-0.05, 0) is 0 Å². The Bertz CT molecular complexity index is 49.5. The molecule has 0 heterocycles. The van der Waals surface area contributed by atoms with Crippen LogP contribution >= 0.6 is 0 Å². The average Bonchev–Trinajstić information content (AvgIpc) is 1.68. The van der Waals surface area contributed by atoms with Crippen molar-refractivity contribution < 1.29 is 5.21 Å². The van der Waals surface area contributed by atoms with Crippen molar-refractivity contribution in [2.24, 2.45) is 5.73 Å². The number of nitrogens with two attached hydrogens (primary N) is 1. The SMILES string of the molecule is CCN(O)CCN.[NaH].[NaH].[NaH]. The van der Waals surface area contributed by atoms with Crippen LogP contribution in [0.15, 0.2) is 0 Å². The number of likely N-dealkylation sites (N-methyl/N-ethyl adjacent to an activating group) is 1. The Hall–Kier alpha value is 2.88. The summed E-state index contributed by atoms with van der Waals surface area (Å²) in [5.74, 6) is 0. The molecule has 0 bridgehead atoms. The monoisotopic (exact) mass is 176 g/mol. The van der Waals surface area contributed by atoms with Gasteiger partial charge in [-0.15, -0.1) is 0 Å². The van der Waals surface area contributed by atoms with E-state index in [9.17, 15) is 0 Å². The third-order valence-corrected chi connectivity index (χ3v) is 0.752. The van der Waals surface area contributed by atoms with Crippen molar-refractivity contribution in [1.82, 2.24) is 5.06 Å². The second kappa shape index (κ2) is 17.8. The van der Waals surface area contributed by atoms with Gasteiger partial charge >= 0.3 is 88.7 Å². The maximum absolute atomic E-state index is 8.61. The number of rotatable bonds is 3. The van der Waals surface area contributed by atoms with Gasteiger partial charge < -0.3 is 10.9 Å². The summed E-state index contributed by atoms with van der Waals surface area (Å²) in [5, 5.41) is 9.79. The van der Waals surface area contributed by atoms with E-state index in [4.69, 9.17) is 10.9 Å². The zero-order chi connectivity index (χ0) is 5.70. The van der Waals surface area contributed by atoms with E-state index in [2.05, 4.69) is 0 Å². The molecule has 0 aromatic heterocycles. The van der Waals surface area contributed by atoms with Crippen LogP contribution in [-0.4, -0.2) is 119 Å². The summed E-state index contributed by atoms with van der Waals surface area (Å²) >= 11 is 0. The number of hydroxylamine groups is 2. The second-order valence-corrected chi connectivity index (χ2v) is 1.33. The predicted molar refractivity (Wildman–Crippen MR) is 49.5 cm³/mol. The molecule has 0 saturated carbocycles. The molecule has 0 aromatic rings. The molecule has 0 atom stereocenters. The molecular weight excluding hydrogens is 161 g/mol. The van der Waals surface area contributed by atoms with Crippen LogP contribution in [0.5, 0.6) is 0 Å². The fourth-order valence-electron chi connectivity index (χ4n) is 0.307. The van der Waals surface area contributed by atoms with E-state index in [-0.39, 0.29) is 88.7 Å². The van der Waals surface area contributed by atoms with Gasteiger partial charge in [-0.3, -0.25) is 0 Å². The van der Waals surface area contributed by atoms with Crippen LogP contribution in [0.1, 0.15) is 6.92 Å². The molecule has 0 fully saturated rings. The first-order valence-electron chi connectivity index (χ1n) is 2.45. The third-order valence-electron chi connectivity index (χ3n) is 0.752. The van der Waals surface area contributed by atoms with Crippen LogP contribution in [0.3, 0.4) is 0 Å². The standard InChI is InChI=1S/C4H12N2O.3Na.3H/c1-2-6(7)4-3-5;;;;;;/h7H,2-5H2,1H3;;;;;;. The van der Waals surface area contributed by atoms with Crippen molar-refractivity contribution in [3.63, 3.8) is 0 Å². The summed E-state index contributed by atoms with van der Waals surface area (Å²) in [6.07, 6.45) is 0. The molecule has 50 valence electrons. The van der Waals surface area contributed by atoms with E-state index >= 15 is 0 Å². The minimum atomic E-state index is 0. The van der Waals surface area contributed by atoms with Gasteiger partial charge in [-0.25, -0.2) is 0 Å². The molecule has 0 aromatic carbocycles. The first kappa shape index (κ1) is 23.1. The minimum absolute atomic E-state index is 0. The molecule has 0 spiro atoms. The molecule has 6 heteroatoms. The summed E-state index contributed by atoms with van der Waals surface area (Å²) in [6, 6.07) is 0. The quantitative estimate of drug-likeness (QED) is 0.376. The fraction of sp³-hybridized carbons (Fsp3) is 1.00. The van der Waals surface area contributed by atoms with Gasteiger partial charge in [-0.2, -0.15) is 5.06 Å². The number of hydrogen-bond acceptors (Lipinski definition) is 3. The van der Waals surface area contributed by atoms with Crippen LogP contribution < -0.4 is 5.73 Å². The normalized spacial score (nSPS) is 7.20. The Kier molecular flexibility index (Phi) is 41.1. The van der Waals surface area contributed by atoms with E-state index in [1.807, 2.05) is 6.92 Å². The molecule has 0 saturated heterocycles. The Balaban J connectivity index is -0.0000000600. The third kappa shape index (κ3) is 17.1. The molecule has 0 unspecified atom stereocenters. The van der Waals surface area contributed by atoms with Gasteiger partial charge in [0.1, 0.15) is 0 Å². The van der Waals surface area contributed by atoms with Crippen LogP contribution in [0, 0.1) is 0 Å². The van der Waals surface area contributed by atoms with Gasteiger partial charge in [-0.1, -0.05) is 6.92 Å². The fourth-order valence-corrected chi connectivity index (χ4v) is 0.307. The Morgan fingerprint density at radius 1 is 1.30 bits per heavy atom. The molecule has 0 aliphatic rings. The van der Waals surface area contributed by atoms with Crippen molar-refractivity contribution in [3.05, 3.63) is 0 Å². The topological polar surface area (TPSA) is 49.5 Å². The summed E-state index contributed by atoms with van der Waals surface area (Å²) in [5.41, 5.74) is 5.10. The molecule has 0 rings (SSSR count). The van der Waals surface area contributed by atoms with Crippen LogP contribution in [0.2, 0.25) is 0 Å². The van der Waals surface area contributed by atoms with Gasteiger partial charge in [0.15, 0.2) is 0 Å². The zero-order valence-corrected chi connectivity index (χ0v) is 4.59. The van der Waals surface area contributed by atoms with E-state index < -0.39 is 0 Å². The van der Waals surface area contributed by atoms with Gasteiger partial charge in [0, 0.05) is 19.6 Å². The van der Waals surface area contributed by atoms with E-state index in [1.165, 1.54) is 5.06 Å². The van der Waals surface area contributed by atoms with E-state index in [1.54, 1.807) is 0 Å². The molecule has 0 aliphatic carbocycles. The Morgan fingerprint density at radius 3 is 1.80 bits per heavy atom. The summed E-state index contributed by atoms with van der Waals surface area (Å²) in [7, 11) is 0. The maximum atomic E-state index is 8.61. The molecular formula is C4H15N2Na3O. The van der Waals surface area contributed by atoms with Crippen molar-refractivity contribution >= 4 is 88.7 Å². The number of nitrogens with zero attached hydrogens (tertiary/aromatic N) is 1. The molecule has 0 radical (unpaired) electrons. The van der Waals surface area contributed by atoms with E-state index in [0.717, 1.165) is 0 Å². The van der Waals surface area contributed by atoms with Crippen LogP contribution in [0.25, 0.3) is 0 Å². The predicted octanol–water partition coefficient (Wildman–Crippen LogP) is -2.29. The van der Waals surface area contributed by atoms with Gasteiger partial charge in [0.05, 0.1) is 0 Å². The molecule has 3 N–H and O–H groups in total. The first-order chi connectivity index (χ1) is 3.31. The summed E-state index contributed by atoms with van der Waals surface area (Å²) < 4.78 is 0. The van der Waals surface area contributed by atoms with Crippen molar-refractivity contribution in [1.29, 1.82) is 0 Å². The Morgan fingerprint density at radius 2 is 1.70 bits per heavy atom. The van der Waals surface area contributed by atoms with Crippen LogP contribution in [-0.2, 0) is 0 Å². The Labute approximate surface area is 129 Å². The van der Waals surface area contributed by atoms with Crippen molar-refractivity contribution in [2.75, 3.05) is 19.6 Å². The molecule has 10 heavy (non-hydrogen) atoms. The molecule has 0 aliphatic heterocycles. The van der Waals surface area contributed by atoms with Crippen molar-refractivity contribution in [2.45, 2.75) is 6.92 Å². The van der Waals surface area contributed by atoms with E-state index in [0.29, 0.717) is 19.6 Å².